The molecule has 2 heterocycles. The number of fused-ring (bicyclic) bond motifs is 1. The van der Waals surface area contributed by atoms with Gasteiger partial charge in [-0.3, -0.25) is 0 Å². The SMILES string of the molecule is Cc1nc2ccc(-c3cncnc3)cc2n1Cc1ccccc1OC(F)F. The quantitative estimate of drug-likeness (QED) is 0.524. The molecule has 4 rings (SSSR count). The van der Waals surface area contributed by atoms with E-state index >= 15 is 0 Å². The van der Waals surface area contributed by atoms with Crippen molar-refractivity contribution in [3.8, 4) is 16.9 Å². The van der Waals surface area contributed by atoms with Gasteiger partial charge in [0.15, 0.2) is 0 Å². The highest BCUT2D eigenvalue weighted by molar-refractivity contribution is 5.82. The lowest BCUT2D eigenvalue weighted by Crippen LogP contribution is -2.08. The van der Waals surface area contributed by atoms with Crippen LogP contribution in [0.4, 0.5) is 8.78 Å². The topological polar surface area (TPSA) is 52.8 Å². The van der Waals surface area contributed by atoms with Crippen LogP contribution in [0, 0.1) is 6.92 Å². The number of rotatable bonds is 5. The molecule has 0 spiro atoms. The Morgan fingerprint density at radius 3 is 2.59 bits per heavy atom. The van der Waals surface area contributed by atoms with E-state index in [0.717, 1.165) is 28.0 Å². The lowest BCUT2D eigenvalue weighted by atomic mass is 10.1. The van der Waals surface area contributed by atoms with Gasteiger partial charge in [-0.2, -0.15) is 8.78 Å². The van der Waals surface area contributed by atoms with E-state index in [-0.39, 0.29) is 5.75 Å². The van der Waals surface area contributed by atoms with Crippen LogP contribution in [-0.2, 0) is 6.54 Å². The monoisotopic (exact) mass is 366 g/mol. The maximum absolute atomic E-state index is 12.7. The number of para-hydroxylation sites is 1. The van der Waals surface area contributed by atoms with E-state index in [4.69, 9.17) is 0 Å². The summed E-state index contributed by atoms with van der Waals surface area (Å²) in [6.45, 7) is -0.599. The average molecular weight is 366 g/mol. The lowest BCUT2D eigenvalue weighted by molar-refractivity contribution is -0.0504. The first-order valence-electron chi connectivity index (χ1n) is 8.37. The minimum absolute atomic E-state index is 0.168. The number of aryl methyl sites for hydroxylation is 1. The van der Waals surface area contributed by atoms with Gasteiger partial charge in [-0.25, -0.2) is 15.0 Å². The third-order valence-electron chi connectivity index (χ3n) is 4.35. The van der Waals surface area contributed by atoms with E-state index in [2.05, 4.69) is 19.7 Å². The standard InChI is InChI=1S/C20H16F2N4O/c1-13-25-17-7-6-14(16-9-23-12-24-10-16)8-18(17)26(13)11-15-4-2-3-5-19(15)27-20(21)22/h2-10,12,20H,11H2,1H3. The van der Waals surface area contributed by atoms with Gasteiger partial charge in [-0.05, 0) is 30.7 Å². The van der Waals surface area contributed by atoms with Gasteiger partial charge in [0.25, 0.3) is 0 Å². The summed E-state index contributed by atoms with van der Waals surface area (Å²) in [5.41, 5.74) is 4.25. The first-order valence-corrected chi connectivity index (χ1v) is 8.37. The number of nitrogens with zero attached hydrogens (tertiary/aromatic N) is 4. The zero-order valence-electron chi connectivity index (χ0n) is 14.5. The molecular formula is C20H16F2N4O. The molecule has 0 aliphatic heterocycles. The van der Waals surface area contributed by atoms with Crippen LogP contribution in [0.1, 0.15) is 11.4 Å². The molecule has 2 aromatic heterocycles. The zero-order valence-corrected chi connectivity index (χ0v) is 14.5. The molecule has 2 aromatic carbocycles. The van der Waals surface area contributed by atoms with E-state index in [1.807, 2.05) is 29.7 Å². The maximum Gasteiger partial charge on any atom is 0.387 e. The second kappa shape index (κ2) is 7.11. The molecule has 0 aliphatic carbocycles. The Hall–Kier alpha value is -3.35. The Balaban J connectivity index is 1.77. The number of benzene rings is 2. The van der Waals surface area contributed by atoms with Gasteiger partial charge in [-0.1, -0.05) is 24.3 Å². The molecule has 0 bridgehead atoms. The van der Waals surface area contributed by atoms with Crippen molar-refractivity contribution in [2.75, 3.05) is 0 Å². The summed E-state index contributed by atoms with van der Waals surface area (Å²) in [4.78, 5) is 12.7. The van der Waals surface area contributed by atoms with Crippen molar-refractivity contribution in [2.24, 2.45) is 0 Å². The predicted octanol–water partition coefficient (Wildman–Crippen LogP) is 4.45. The minimum Gasteiger partial charge on any atom is -0.434 e. The van der Waals surface area contributed by atoms with E-state index < -0.39 is 6.61 Å². The van der Waals surface area contributed by atoms with E-state index in [1.54, 1.807) is 36.7 Å². The van der Waals surface area contributed by atoms with Crippen LogP contribution in [0.15, 0.2) is 61.2 Å². The van der Waals surface area contributed by atoms with Crippen LogP contribution in [0.5, 0.6) is 5.75 Å². The summed E-state index contributed by atoms with van der Waals surface area (Å²) in [6, 6.07) is 12.7. The Morgan fingerprint density at radius 1 is 1.04 bits per heavy atom. The van der Waals surface area contributed by atoms with E-state index in [1.165, 1.54) is 6.33 Å². The van der Waals surface area contributed by atoms with E-state index in [0.29, 0.717) is 12.1 Å². The second-order valence-electron chi connectivity index (χ2n) is 6.06. The largest absolute Gasteiger partial charge is 0.434 e. The van der Waals surface area contributed by atoms with Crippen LogP contribution in [-0.4, -0.2) is 26.1 Å². The van der Waals surface area contributed by atoms with Crippen molar-refractivity contribution in [3.05, 3.63) is 72.6 Å². The fraction of sp³-hybridized carbons (Fsp3) is 0.150. The molecule has 136 valence electrons. The number of alkyl halides is 2. The fourth-order valence-corrected chi connectivity index (χ4v) is 3.09. The zero-order chi connectivity index (χ0) is 18.8. The molecule has 0 saturated heterocycles. The number of aromatic nitrogens is 4. The summed E-state index contributed by atoms with van der Waals surface area (Å²) >= 11 is 0. The van der Waals surface area contributed by atoms with Crippen molar-refractivity contribution < 1.29 is 13.5 Å². The molecule has 0 radical (unpaired) electrons. The highest BCUT2D eigenvalue weighted by atomic mass is 19.3. The van der Waals surface area contributed by atoms with Gasteiger partial charge < -0.3 is 9.30 Å². The van der Waals surface area contributed by atoms with Crippen molar-refractivity contribution in [1.82, 2.24) is 19.5 Å². The highest BCUT2D eigenvalue weighted by Crippen LogP contribution is 2.27. The molecule has 4 aromatic rings. The van der Waals surface area contributed by atoms with Crippen LogP contribution in [0.25, 0.3) is 22.2 Å². The molecule has 27 heavy (non-hydrogen) atoms. The van der Waals surface area contributed by atoms with Crippen LogP contribution in [0.2, 0.25) is 0 Å². The molecule has 0 aliphatic rings. The molecular weight excluding hydrogens is 350 g/mol. The van der Waals surface area contributed by atoms with Gasteiger partial charge in [0.05, 0.1) is 17.6 Å². The number of ether oxygens (including phenoxy) is 1. The summed E-state index contributed by atoms with van der Waals surface area (Å²) in [6.07, 6.45) is 4.97. The summed E-state index contributed by atoms with van der Waals surface area (Å²) < 4.78 is 32.0. The van der Waals surface area contributed by atoms with Crippen molar-refractivity contribution >= 4 is 11.0 Å². The lowest BCUT2D eigenvalue weighted by Gasteiger charge is -2.13. The van der Waals surface area contributed by atoms with Gasteiger partial charge in [0.1, 0.15) is 17.9 Å². The maximum atomic E-state index is 12.7. The Bertz CT molecular complexity index is 1080. The highest BCUT2D eigenvalue weighted by Gasteiger charge is 2.14. The normalized spacial score (nSPS) is 11.3. The first-order chi connectivity index (χ1) is 13.1. The van der Waals surface area contributed by atoms with Gasteiger partial charge >= 0.3 is 6.61 Å². The second-order valence-corrected chi connectivity index (χ2v) is 6.06. The molecule has 7 heteroatoms. The van der Waals surface area contributed by atoms with Crippen molar-refractivity contribution in [3.63, 3.8) is 0 Å². The molecule has 0 amide bonds. The fourth-order valence-electron chi connectivity index (χ4n) is 3.09. The molecule has 0 unspecified atom stereocenters. The van der Waals surface area contributed by atoms with Crippen LogP contribution >= 0.6 is 0 Å². The number of hydrogen-bond donors (Lipinski definition) is 0. The van der Waals surface area contributed by atoms with Crippen LogP contribution < -0.4 is 4.74 Å². The summed E-state index contributed by atoms with van der Waals surface area (Å²) in [7, 11) is 0. The number of halogens is 2. The van der Waals surface area contributed by atoms with Crippen molar-refractivity contribution in [2.45, 2.75) is 20.1 Å². The Kier molecular flexibility index (Phi) is 4.50. The summed E-state index contributed by atoms with van der Waals surface area (Å²) in [5, 5.41) is 0. The Labute approximate surface area is 154 Å². The Morgan fingerprint density at radius 2 is 1.81 bits per heavy atom. The van der Waals surface area contributed by atoms with E-state index in [9.17, 15) is 8.78 Å². The van der Waals surface area contributed by atoms with Gasteiger partial charge in [0.2, 0.25) is 0 Å². The minimum atomic E-state index is -2.86. The average Bonchev–Trinajstić information content (AvgIpc) is 2.98. The molecule has 0 saturated carbocycles. The third-order valence-corrected chi connectivity index (χ3v) is 4.35. The number of imidazole rings is 1. The van der Waals surface area contributed by atoms with Gasteiger partial charge in [-0.15, -0.1) is 0 Å². The van der Waals surface area contributed by atoms with Gasteiger partial charge in [0, 0.05) is 23.5 Å². The first kappa shape index (κ1) is 17.1. The predicted molar refractivity (Wildman–Crippen MR) is 97.7 cm³/mol. The summed E-state index contributed by atoms with van der Waals surface area (Å²) in [5.74, 6) is 0.958. The van der Waals surface area contributed by atoms with Crippen LogP contribution in [0.3, 0.4) is 0 Å². The molecule has 0 fully saturated rings. The number of hydrogen-bond acceptors (Lipinski definition) is 4. The molecule has 0 atom stereocenters. The van der Waals surface area contributed by atoms with Crippen molar-refractivity contribution in [1.29, 1.82) is 0 Å². The third kappa shape index (κ3) is 3.48. The molecule has 0 N–H and O–H groups in total. The smallest absolute Gasteiger partial charge is 0.387 e. The molecule has 5 nitrogen and oxygen atoms in total.